The smallest absolute Gasteiger partial charge is 0.242 e. The zero-order valence-corrected chi connectivity index (χ0v) is 21.6. The first-order chi connectivity index (χ1) is 16.4. The summed E-state index contributed by atoms with van der Waals surface area (Å²) >= 11 is 13.9. The average molecular weight is 516 g/mol. The third kappa shape index (κ3) is 7.52. The van der Waals surface area contributed by atoms with Gasteiger partial charge in [0.15, 0.2) is 0 Å². The number of carbonyl (C=O) groups excluding carboxylic acids is 2. The molecule has 0 radical (unpaired) electrons. The number of likely N-dealkylation sites (N-methyl/N-ethyl adjacent to an activating group) is 1. The van der Waals surface area contributed by atoms with E-state index in [1.807, 2.05) is 43.3 Å². The number of hydrogen-bond donors (Lipinski definition) is 1. The Bertz CT molecular complexity index is 1110. The lowest BCUT2D eigenvalue weighted by molar-refractivity contribution is -0.140. The van der Waals surface area contributed by atoms with Crippen molar-refractivity contribution < 1.29 is 9.59 Å². The second-order valence-corrected chi connectivity index (χ2v) is 9.98. The molecule has 3 rings (SSSR count). The highest BCUT2D eigenvalue weighted by Crippen LogP contribution is 2.25. The molecule has 0 heterocycles. The standard InChI is InChI=1S/C27H28Cl2N2O2S/c1-19-8-11-22(12-9-19)34-15-14-26(32)31(18-21-10-13-23(28)24(29)16-21)25(27(33)30-2)17-20-6-4-3-5-7-20/h3-13,16,25H,14-15,17-18H2,1-2H3,(H,30,33)/t25-/m1/s1. The van der Waals surface area contributed by atoms with Gasteiger partial charge in [-0.15, -0.1) is 11.8 Å². The maximum Gasteiger partial charge on any atom is 0.242 e. The van der Waals surface area contributed by atoms with Crippen LogP contribution in [0.4, 0.5) is 0 Å². The Hall–Kier alpha value is -2.47. The van der Waals surface area contributed by atoms with E-state index in [9.17, 15) is 9.59 Å². The molecule has 0 saturated carbocycles. The predicted molar refractivity (Wildman–Crippen MR) is 142 cm³/mol. The Morgan fingerprint density at radius 3 is 2.29 bits per heavy atom. The summed E-state index contributed by atoms with van der Waals surface area (Å²) in [6, 6.07) is 22.6. The highest BCUT2D eigenvalue weighted by atomic mass is 35.5. The van der Waals surface area contributed by atoms with Crippen LogP contribution in [0, 0.1) is 6.92 Å². The molecule has 2 amide bonds. The van der Waals surface area contributed by atoms with Crippen molar-refractivity contribution in [1.29, 1.82) is 0 Å². The monoisotopic (exact) mass is 514 g/mol. The van der Waals surface area contributed by atoms with Crippen molar-refractivity contribution >= 4 is 46.8 Å². The van der Waals surface area contributed by atoms with Gasteiger partial charge >= 0.3 is 0 Å². The number of benzene rings is 3. The topological polar surface area (TPSA) is 49.4 Å². The van der Waals surface area contributed by atoms with E-state index in [1.54, 1.807) is 35.8 Å². The van der Waals surface area contributed by atoms with Crippen LogP contribution in [-0.2, 0) is 22.6 Å². The van der Waals surface area contributed by atoms with Crippen LogP contribution in [0.15, 0.2) is 77.7 Å². The van der Waals surface area contributed by atoms with Gasteiger partial charge in [0.05, 0.1) is 10.0 Å². The van der Waals surface area contributed by atoms with E-state index in [4.69, 9.17) is 23.2 Å². The second-order valence-electron chi connectivity index (χ2n) is 8.00. The van der Waals surface area contributed by atoms with Crippen molar-refractivity contribution in [2.24, 2.45) is 0 Å². The minimum atomic E-state index is -0.654. The van der Waals surface area contributed by atoms with Crippen LogP contribution >= 0.6 is 35.0 Å². The Labute approximate surface area is 215 Å². The third-order valence-corrected chi connectivity index (χ3v) is 7.21. The molecule has 0 bridgehead atoms. The van der Waals surface area contributed by atoms with E-state index < -0.39 is 6.04 Å². The molecule has 1 N–H and O–H groups in total. The van der Waals surface area contributed by atoms with Crippen LogP contribution in [0.25, 0.3) is 0 Å². The molecule has 1 atom stereocenters. The van der Waals surface area contributed by atoms with Gasteiger partial charge < -0.3 is 10.2 Å². The van der Waals surface area contributed by atoms with Gasteiger partial charge in [0.2, 0.25) is 11.8 Å². The van der Waals surface area contributed by atoms with Crippen LogP contribution in [0.1, 0.15) is 23.1 Å². The summed E-state index contributed by atoms with van der Waals surface area (Å²) in [6.07, 6.45) is 0.723. The maximum absolute atomic E-state index is 13.5. The van der Waals surface area contributed by atoms with Gasteiger partial charge in [0.1, 0.15) is 6.04 Å². The summed E-state index contributed by atoms with van der Waals surface area (Å²) in [4.78, 5) is 29.2. The molecule has 0 saturated heterocycles. The fourth-order valence-corrected chi connectivity index (χ4v) is 4.75. The average Bonchev–Trinajstić information content (AvgIpc) is 2.84. The molecule has 0 spiro atoms. The highest BCUT2D eigenvalue weighted by Gasteiger charge is 2.29. The first-order valence-corrected chi connectivity index (χ1v) is 12.8. The number of nitrogens with zero attached hydrogens (tertiary/aromatic N) is 1. The van der Waals surface area contributed by atoms with E-state index in [2.05, 4.69) is 29.6 Å². The third-order valence-electron chi connectivity index (χ3n) is 5.46. The van der Waals surface area contributed by atoms with E-state index in [0.717, 1.165) is 16.0 Å². The van der Waals surface area contributed by atoms with Crippen molar-refractivity contribution in [3.05, 3.63) is 99.5 Å². The lowest BCUT2D eigenvalue weighted by Crippen LogP contribution is -2.49. The van der Waals surface area contributed by atoms with Crippen molar-refractivity contribution in [2.45, 2.75) is 37.2 Å². The van der Waals surface area contributed by atoms with E-state index in [0.29, 0.717) is 28.6 Å². The van der Waals surface area contributed by atoms with Crippen LogP contribution in [-0.4, -0.2) is 35.6 Å². The molecule has 3 aromatic carbocycles. The fourth-order valence-electron chi connectivity index (χ4n) is 3.59. The largest absolute Gasteiger partial charge is 0.357 e. The molecule has 0 aliphatic rings. The molecule has 4 nitrogen and oxygen atoms in total. The zero-order valence-electron chi connectivity index (χ0n) is 19.3. The quantitative estimate of drug-likeness (QED) is 0.329. The zero-order chi connectivity index (χ0) is 24.5. The molecule has 34 heavy (non-hydrogen) atoms. The fraction of sp³-hybridized carbons (Fsp3) is 0.259. The molecule has 0 aliphatic heterocycles. The molecule has 0 aliphatic carbocycles. The molecular formula is C27H28Cl2N2O2S. The van der Waals surface area contributed by atoms with E-state index >= 15 is 0 Å². The van der Waals surface area contributed by atoms with Crippen LogP contribution in [0.2, 0.25) is 10.0 Å². The number of aryl methyl sites for hydroxylation is 1. The summed E-state index contributed by atoms with van der Waals surface area (Å²) in [7, 11) is 1.59. The van der Waals surface area contributed by atoms with Crippen LogP contribution in [0.3, 0.4) is 0 Å². The molecule has 0 unspecified atom stereocenters. The number of hydrogen-bond acceptors (Lipinski definition) is 3. The van der Waals surface area contributed by atoms with Gasteiger partial charge in [0, 0.05) is 37.1 Å². The number of halogens is 2. The van der Waals surface area contributed by atoms with Gasteiger partial charge in [-0.05, 0) is 42.3 Å². The predicted octanol–water partition coefficient (Wildman–Crippen LogP) is 6.17. The van der Waals surface area contributed by atoms with Crippen molar-refractivity contribution in [1.82, 2.24) is 10.2 Å². The molecule has 0 aromatic heterocycles. The molecule has 3 aromatic rings. The Balaban J connectivity index is 1.82. The second kappa shape index (κ2) is 12.8. The van der Waals surface area contributed by atoms with Crippen molar-refractivity contribution in [2.75, 3.05) is 12.8 Å². The van der Waals surface area contributed by atoms with Gasteiger partial charge in [-0.25, -0.2) is 0 Å². The first kappa shape index (κ1) is 26.1. The van der Waals surface area contributed by atoms with E-state index in [1.165, 1.54) is 5.56 Å². The van der Waals surface area contributed by atoms with Crippen LogP contribution < -0.4 is 5.32 Å². The number of rotatable bonds is 10. The molecule has 7 heteroatoms. The van der Waals surface area contributed by atoms with Gasteiger partial charge in [-0.3, -0.25) is 9.59 Å². The summed E-state index contributed by atoms with van der Waals surface area (Å²) in [5.41, 5.74) is 3.00. The van der Waals surface area contributed by atoms with Gasteiger partial charge in [-0.2, -0.15) is 0 Å². The summed E-state index contributed by atoms with van der Waals surface area (Å²) in [5, 5.41) is 3.60. The Morgan fingerprint density at radius 2 is 1.65 bits per heavy atom. The molecule has 0 fully saturated rings. The first-order valence-electron chi connectivity index (χ1n) is 11.1. The minimum Gasteiger partial charge on any atom is -0.357 e. The molecule has 178 valence electrons. The number of thioether (sulfide) groups is 1. The summed E-state index contributed by atoms with van der Waals surface area (Å²) < 4.78 is 0. The maximum atomic E-state index is 13.5. The van der Waals surface area contributed by atoms with E-state index in [-0.39, 0.29) is 18.4 Å². The Morgan fingerprint density at radius 1 is 0.941 bits per heavy atom. The Kier molecular flexibility index (Phi) is 9.87. The number of nitrogens with one attached hydrogen (secondary N) is 1. The van der Waals surface area contributed by atoms with Gasteiger partial charge in [0.25, 0.3) is 0 Å². The van der Waals surface area contributed by atoms with Gasteiger partial charge in [-0.1, -0.05) is 77.3 Å². The number of carbonyl (C=O) groups is 2. The van der Waals surface area contributed by atoms with Crippen molar-refractivity contribution in [3.8, 4) is 0 Å². The normalized spacial score (nSPS) is 11.6. The SMILES string of the molecule is CNC(=O)[C@@H](Cc1ccccc1)N(Cc1ccc(Cl)c(Cl)c1)C(=O)CCSc1ccc(C)cc1. The van der Waals surface area contributed by atoms with Crippen LogP contribution in [0.5, 0.6) is 0 Å². The summed E-state index contributed by atoms with van der Waals surface area (Å²) in [5.74, 6) is 0.324. The minimum absolute atomic E-state index is 0.0878. The lowest BCUT2D eigenvalue weighted by atomic mass is 10.0. The summed E-state index contributed by atoms with van der Waals surface area (Å²) in [6.45, 7) is 2.31. The van der Waals surface area contributed by atoms with Crippen molar-refractivity contribution in [3.63, 3.8) is 0 Å². The number of amides is 2. The highest BCUT2D eigenvalue weighted by molar-refractivity contribution is 7.99. The molecular weight excluding hydrogens is 487 g/mol. The lowest BCUT2D eigenvalue weighted by Gasteiger charge is -2.31.